The molecule has 0 aromatic carbocycles. The third-order valence-electron chi connectivity index (χ3n) is 3.24. The lowest BCUT2D eigenvalue weighted by Crippen LogP contribution is -2.29. The lowest BCUT2D eigenvalue weighted by Gasteiger charge is -2.17. The van der Waals surface area contributed by atoms with Crippen molar-refractivity contribution in [3.05, 3.63) is 47.5 Å². The van der Waals surface area contributed by atoms with Crippen LogP contribution in [0.4, 0.5) is 0 Å². The van der Waals surface area contributed by atoms with E-state index < -0.39 is 0 Å². The average molecular weight is 259 g/mol. The maximum absolute atomic E-state index is 5.74. The number of nitrogens with two attached hydrogens (primary N) is 1. The van der Waals surface area contributed by atoms with Gasteiger partial charge in [-0.2, -0.15) is 5.10 Å². The van der Waals surface area contributed by atoms with Crippen LogP contribution in [-0.4, -0.2) is 14.8 Å². The summed E-state index contributed by atoms with van der Waals surface area (Å²) in [6.07, 6.45) is 9.63. The van der Waals surface area contributed by atoms with Crippen LogP contribution in [0.2, 0.25) is 0 Å². The predicted octanol–water partition coefficient (Wildman–Crippen LogP) is 1.80. The molecule has 2 heterocycles. The van der Waals surface area contributed by atoms with E-state index in [2.05, 4.69) is 29.4 Å². The zero-order chi connectivity index (χ0) is 13.7. The number of aromatic nitrogens is 3. The highest BCUT2D eigenvalue weighted by Crippen LogP contribution is 2.24. The molecule has 19 heavy (non-hydrogen) atoms. The Morgan fingerprint density at radius 3 is 2.89 bits per heavy atom. The van der Waals surface area contributed by atoms with Crippen molar-refractivity contribution >= 4 is 0 Å². The highest BCUT2D eigenvalue weighted by molar-refractivity contribution is 5.33. The van der Waals surface area contributed by atoms with Crippen LogP contribution in [-0.2, 0) is 13.0 Å². The SMILES string of the molecule is CCCn1cc(C(NN)c2ccncc2CC)cn1. The summed E-state index contributed by atoms with van der Waals surface area (Å²) in [6, 6.07) is 1.98. The van der Waals surface area contributed by atoms with E-state index in [-0.39, 0.29) is 6.04 Å². The highest BCUT2D eigenvalue weighted by Gasteiger charge is 2.17. The van der Waals surface area contributed by atoms with Crippen molar-refractivity contribution in [2.75, 3.05) is 0 Å². The van der Waals surface area contributed by atoms with Gasteiger partial charge in [-0.25, -0.2) is 5.43 Å². The van der Waals surface area contributed by atoms with E-state index >= 15 is 0 Å². The molecule has 0 amide bonds. The molecule has 5 heteroatoms. The third kappa shape index (κ3) is 3.00. The van der Waals surface area contributed by atoms with Gasteiger partial charge in [-0.05, 0) is 30.0 Å². The number of aryl methyl sites for hydroxylation is 2. The molecular weight excluding hydrogens is 238 g/mol. The molecule has 1 atom stereocenters. The second-order valence-corrected chi connectivity index (χ2v) is 4.56. The summed E-state index contributed by atoms with van der Waals surface area (Å²) in [4.78, 5) is 4.17. The molecule has 2 aromatic rings. The first-order chi connectivity index (χ1) is 9.30. The van der Waals surface area contributed by atoms with Gasteiger partial charge in [0.2, 0.25) is 0 Å². The monoisotopic (exact) mass is 259 g/mol. The summed E-state index contributed by atoms with van der Waals surface area (Å²) in [5.74, 6) is 5.74. The second-order valence-electron chi connectivity index (χ2n) is 4.56. The van der Waals surface area contributed by atoms with Crippen molar-refractivity contribution < 1.29 is 0 Å². The number of hydrazine groups is 1. The third-order valence-corrected chi connectivity index (χ3v) is 3.24. The fourth-order valence-electron chi connectivity index (χ4n) is 2.26. The molecule has 0 aliphatic heterocycles. The number of hydrogen-bond donors (Lipinski definition) is 2. The van der Waals surface area contributed by atoms with Gasteiger partial charge in [0.1, 0.15) is 0 Å². The zero-order valence-corrected chi connectivity index (χ0v) is 11.5. The summed E-state index contributed by atoms with van der Waals surface area (Å²) in [6.45, 7) is 5.18. The molecule has 0 bridgehead atoms. The van der Waals surface area contributed by atoms with Crippen molar-refractivity contribution in [3.8, 4) is 0 Å². The summed E-state index contributed by atoms with van der Waals surface area (Å²) in [5.41, 5.74) is 6.33. The number of nitrogens with one attached hydrogen (secondary N) is 1. The van der Waals surface area contributed by atoms with Crippen molar-refractivity contribution in [1.82, 2.24) is 20.2 Å². The summed E-state index contributed by atoms with van der Waals surface area (Å²) < 4.78 is 1.95. The molecule has 0 spiro atoms. The Morgan fingerprint density at radius 1 is 1.37 bits per heavy atom. The van der Waals surface area contributed by atoms with Crippen LogP contribution in [0.15, 0.2) is 30.9 Å². The quantitative estimate of drug-likeness (QED) is 0.613. The predicted molar refractivity (Wildman–Crippen MR) is 75.3 cm³/mol. The molecule has 5 nitrogen and oxygen atoms in total. The number of pyridine rings is 1. The molecule has 0 aliphatic carbocycles. The molecule has 1 unspecified atom stereocenters. The molecule has 0 saturated carbocycles. The van der Waals surface area contributed by atoms with Gasteiger partial charge >= 0.3 is 0 Å². The van der Waals surface area contributed by atoms with Gasteiger partial charge < -0.3 is 0 Å². The maximum atomic E-state index is 5.74. The number of hydrogen-bond acceptors (Lipinski definition) is 4. The molecule has 0 saturated heterocycles. The average Bonchev–Trinajstić information content (AvgIpc) is 2.89. The first-order valence-electron chi connectivity index (χ1n) is 6.71. The van der Waals surface area contributed by atoms with Crippen LogP contribution in [0.25, 0.3) is 0 Å². The van der Waals surface area contributed by atoms with Gasteiger partial charge in [-0.3, -0.25) is 15.5 Å². The van der Waals surface area contributed by atoms with Gasteiger partial charge in [-0.1, -0.05) is 13.8 Å². The van der Waals surface area contributed by atoms with E-state index in [0.717, 1.165) is 30.5 Å². The Hall–Kier alpha value is -1.72. The van der Waals surface area contributed by atoms with E-state index in [1.54, 1.807) is 6.20 Å². The zero-order valence-electron chi connectivity index (χ0n) is 11.5. The lowest BCUT2D eigenvalue weighted by molar-refractivity contribution is 0.597. The van der Waals surface area contributed by atoms with Gasteiger partial charge in [0.25, 0.3) is 0 Å². The Balaban J connectivity index is 2.32. The second kappa shape index (κ2) is 6.45. The summed E-state index contributed by atoms with van der Waals surface area (Å²) in [5, 5.41) is 4.36. The van der Waals surface area contributed by atoms with Gasteiger partial charge in [0.15, 0.2) is 0 Å². The Labute approximate surface area is 113 Å². The van der Waals surface area contributed by atoms with Crippen molar-refractivity contribution in [1.29, 1.82) is 0 Å². The van der Waals surface area contributed by atoms with Crippen LogP contribution in [0, 0.1) is 0 Å². The van der Waals surface area contributed by atoms with E-state index in [9.17, 15) is 0 Å². The molecule has 2 aromatic heterocycles. The topological polar surface area (TPSA) is 68.8 Å². The van der Waals surface area contributed by atoms with Crippen molar-refractivity contribution in [2.45, 2.75) is 39.3 Å². The van der Waals surface area contributed by atoms with E-state index in [1.807, 2.05) is 29.3 Å². The summed E-state index contributed by atoms with van der Waals surface area (Å²) >= 11 is 0. The van der Waals surface area contributed by atoms with E-state index in [1.165, 1.54) is 5.56 Å². The number of rotatable bonds is 6. The fourth-order valence-corrected chi connectivity index (χ4v) is 2.26. The standard InChI is InChI=1S/C14H21N5/c1-3-7-19-10-12(9-17-19)14(18-15)13-5-6-16-8-11(13)4-2/h5-6,8-10,14,18H,3-4,7,15H2,1-2H3. The number of nitrogens with zero attached hydrogens (tertiary/aromatic N) is 3. The molecule has 0 radical (unpaired) electrons. The van der Waals surface area contributed by atoms with Crippen LogP contribution in [0.5, 0.6) is 0 Å². The molecule has 102 valence electrons. The smallest absolute Gasteiger partial charge is 0.0744 e. The highest BCUT2D eigenvalue weighted by atomic mass is 15.3. The molecule has 0 aliphatic rings. The molecule has 3 N–H and O–H groups in total. The molecular formula is C14H21N5. The molecule has 0 fully saturated rings. The van der Waals surface area contributed by atoms with Gasteiger partial charge in [0, 0.05) is 30.7 Å². The minimum Gasteiger partial charge on any atom is -0.272 e. The van der Waals surface area contributed by atoms with Crippen LogP contribution >= 0.6 is 0 Å². The largest absolute Gasteiger partial charge is 0.272 e. The van der Waals surface area contributed by atoms with E-state index in [4.69, 9.17) is 5.84 Å². The Morgan fingerprint density at radius 2 is 2.21 bits per heavy atom. The van der Waals surface area contributed by atoms with Gasteiger partial charge in [0.05, 0.1) is 12.2 Å². The van der Waals surface area contributed by atoms with Crippen molar-refractivity contribution in [2.24, 2.45) is 5.84 Å². The summed E-state index contributed by atoms with van der Waals surface area (Å²) in [7, 11) is 0. The van der Waals surface area contributed by atoms with Crippen LogP contribution < -0.4 is 11.3 Å². The first-order valence-corrected chi connectivity index (χ1v) is 6.71. The molecule has 2 rings (SSSR count). The minimum absolute atomic E-state index is 0.0384. The lowest BCUT2D eigenvalue weighted by atomic mass is 9.97. The van der Waals surface area contributed by atoms with E-state index in [0.29, 0.717) is 0 Å². The Kier molecular flexibility index (Phi) is 4.65. The first kappa shape index (κ1) is 13.7. The normalized spacial score (nSPS) is 12.6. The van der Waals surface area contributed by atoms with Crippen molar-refractivity contribution in [3.63, 3.8) is 0 Å². The maximum Gasteiger partial charge on any atom is 0.0744 e. The van der Waals surface area contributed by atoms with Gasteiger partial charge in [-0.15, -0.1) is 0 Å². The van der Waals surface area contributed by atoms with Crippen LogP contribution in [0.1, 0.15) is 43.0 Å². The fraction of sp³-hybridized carbons (Fsp3) is 0.429. The Bertz CT molecular complexity index is 520. The van der Waals surface area contributed by atoms with Crippen LogP contribution in [0.3, 0.4) is 0 Å². The minimum atomic E-state index is -0.0384.